The lowest BCUT2D eigenvalue weighted by molar-refractivity contribution is -0.141. The highest BCUT2D eigenvalue weighted by atomic mass is 32.1. The molecule has 100 valence electrons. The number of nitrogens with zero attached hydrogens (tertiary/aromatic N) is 1. The van der Waals surface area contributed by atoms with Gasteiger partial charge in [0.15, 0.2) is 5.69 Å². The number of carbonyl (C=O) groups is 1. The van der Waals surface area contributed by atoms with Crippen molar-refractivity contribution in [3.63, 3.8) is 0 Å². The number of halogens is 3. The maximum Gasteiger partial charge on any atom is 0.435 e. The van der Waals surface area contributed by atoms with Gasteiger partial charge in [-0.25, -0.2) is 4.98 Å². The van der Waals surface area contributed by atoms with Gasteiger partial charge >= 0.3 is 6.18 Å². The predicted octanol–water partition coefficient (Wildman–Crippen LogP) is 3.19. The first-order valence-electron chi connectivity index (χ1n) is 5.29. The quantitative estimate of drug-likeness (QED) is 0.921. The molecule has 2 rings (SSSR count). The lowest BCUT2D eigenvalue weighted by atomic mass is 10.2. The Hall–Kier alpha value is -1.89. The van der Waals surface area contributed by atoms with Crippen LogP contribution < -0.4 is 5.32 Å². The van der Waals surface area contributed by atoms with Crippen molar-refractivity contribution in [1.29, 1.82) is 0 Å². The van der Waals surface area contributed by atoms with Gasteiger partial charge < -0.3 is 5.32 Å². The Morgan fingerprint density at radius 3 is 2.42 bits per heavy atom. The lowest BCUT2D eigenvalue weighted by Crippen LogP contribution is -2.21. The van der Waals surface area contributed by atoms with Crippen molar-refractivity contribution >= 4 is 17.2 Å². The van der Waals surface area contributed by atoms with Crippen LogP contribution in [0.3, 0.4) is 0 Å². The normalized spacial score (nSPS) is 11.4. The molecule has 0 saturated carbocycles. The van der Waals surface area contributed by atoms with Gasteiger partial charge in [0.05, 0.1) is 0 Å². The first kappa shape index (κ1) is 13.5. The predicted molar refractivity (Wildman–Crippen MR) is 65.9 cm³/mol. The van der Waals surface area contributed by atoms with E-state index in [1.807, 2.05) is 0 Å². The Morgan fingerprint density at radius 1 is 1.26 bits per heavy atom. The van der Waals surface area contributed by atoms with Crippen LogP contribution in [0.25, 0.3) is 10.6 Å². The number of alkyl halides is 3. The molecular formula is C12H9F3N2OS. The number of carbonyl (C=O) groups excluding carboxylic acids is 1. The Labute approximate surface area is 111 Å². The third-order valence-corrected chi connectivity index (χ3v) is 3.45. The van der Waals surface area contributed by atoms with Crippen molar-refractivity contribution in [3.05, 3.63) is 40.9 Å². The Morgan fingerprint density at radius 2 is 1.89 bits per heavy atom. The number of nitrogens with one attached hydrogen (secondary N) is 1. The zero-order valence-electron chi connectivity index (χ0n) is 9.78. The summed E-state index contributed by atoms with van der Waals surface area (Å²) < 4.78 is 38.5. The Bertz CT molecular complexity index is 593. The van der Waals surface area contributed by atoms with Crippen LogP contribution >= 0.6 is 11.3 Å². The minimum atomic E-state index is -4.65. The molecule has 0 fully saturated rings. The van der Waals surface area contributed by atoms with E-state index in [0.29, 0.717) is 5.56 Å². The fourth-order valence-electron chi connectivity index (χ4n) is 1.48. The van der Waals surface area contributed by atoms with Crippen LogP contribution in [0.15, 0.2) is 30.3 Å². The van der Waals surface area contributed by atoms with E-state index in [-0.39, 0.29) is 5.01 Å². The number of rotatable bonds is 2. The molecule has 1 heterocycles. The summed E-state index contributed by atoms with van der Waals surface area (Å²) in [6.45, 7) is 0. The molecule has 1 N–H and O–H groups in total. The van der Waals surface area contributed by atoms with Crippen LogP contribution in [0, 0.1) is 0 Å². The van der Waals surface area contributed by atoms with E-state index in [1.54, 1.807) is 30.3 Å². The molecule has 0 saturated heterocycles. The fourth-order valence-corrected chi connectivity index (χ4v) is 2.52. The molecule has 1 aromatic carbocycles. The van der Waals surface area contributed by atoms with Crippen LogP contribution in [0.2, 0.25) is 0 Å². The average molecular weight is 286 g/mol. The second-order valence-electron chi connectivity index (χ2n) is 3.64. The van der Waals surface area contributed by atoms with Crippen LogP contribution in [-0.2, 0) is 6.18 Å². The zero-order valence-corrected chi connectivity index (χ0v) is 10.6. The molecule has 0 spiro atoms. The SMILES string of the molecule is CNC(=O)c1sc(-c2ccccc2)nc1C(F)(F)F. The van der Waals surface area contributed by atoms with Crippen molar-refractivity contribution in [2.45, 2.75) is 6.18 Å². The molecule has 0 bridgehead atoms. The molecule has 3 nitrogen and oxygen atoms in total. The summed E-state index contributed by atoms with van der Waals surface area (Å²) >= 11 is 0.729. The second kappa shape index (κ2) is 5.00. The number of hydrogen-bond acceptors (Lipinski definition) is 3. The van der Waals surface area contributed by atoms with Gasteiger partial charge in [-0.1, -0.05) is 30.3 Å². The highest BCUT2D eigenvalue weighted by Gasteiger charge is 2.39. The van der Waals surface area contributed by atoms with Crippen molar-refractivity contribution < 1.29 is 18.0 Å². The van der Waals surface area contributed by atoms with E-state index in [2.05, 4.69) is 10.3 Å². The van der Waals surface area contributed by atoms with Crippen LogP contribution in [0.4, 0.5) is 13.2 Å². The molecule has 2 aromatic rings. The number of amides is 1. The lowest BCUT2D eigenvalue weighted by Gasteiger charge is -2.04. The first-order chi connectivity index (χ1) is 8.93. The molecule has 7 heteroatoms. The second-order valence-corrected chi connectivity index (χ2v) is 4.64. The molecule has 19 heavy (non-hydrogen) atoms. The van der Waals surface area contributed by atoms with Crippen LogP contribution in [0.5, 0.6) is 0 Å². The summed E-state index contributed by atoms with van der Waals surface area (Å²) in [5.41, 5.74) is -0.594. The van der Waals surface area contributed by atoms with Crippen molar-refractivity contribution in [2.75, 3.05) is 7.05 Å². The minimum Gasteiger partial charge on any atom is -0.354 e. The van der Waals surface area contributed by atoms with Crippen molar-refractivity contribution in [1.82, 2.24) is 10.3 Å². The molecule has 0 atom stereocenters. The monoisotopic (exact) mass is 286 g/mol. The summed E-state index contributed by atoms with van der Waals surface area (Å²) in [7, 11) is 1.28. The average Bonchev–Trinajstić information content (AvgIpc) is 2.84. The van der Waals surface area contributed by atoms with E-state index >= 15 is 0 Å². The number of aromatic nitrogens is 1. The number of hydrogen-bond donors (Lipinski definition) is 1. The van der Waals surface area contributed by atoms with Gasteiger partial charge in [-0.05, 0) is 0 Å². The molecule has 0 radical (unpaired) electrons. The molecule has 1 amide bonds. The van der Waals surface area contributed by atoms with Gasteiger partial charge in [0, 0.05) is 12.6 Å². The standard InChI is InChI=1S/C12H9F3N2OS/c1-16-10(18)8-9(12(13,14)15)17-11(19-8)7-5-3-2-4-6-7/h2-6H,1H3,(H,16,18). The molecule has 0 aliphatic rings. The van der Waals surface area contributed by atoms with Crippen LogP contribution in [0.1, 0.15) is 15.4 Å². The van der Waals surface area contributed by atoms with Gasteiger partial charge in [0.25, 0.3) is 5.91 Å². The Balaban J connectivity index is 2.55. The number of thiazole rings is 1. The molecular weight excluding hydrogens is 277 g/mol. The fraction of sp³-hybridized carbons (Fsp3) is 0.167. The van der Waals surface area contributed by atoms with Gasteiger partial charge in [-0.3, -0.25) is 4.79 Å². The summed E-state index contributed by atoms with van der Waals surface area (Å²) in [6.07, 6.45) is -4.65. The highest BCUT2D eigenvalue weighted by Crippen LogP contribution is 2.37. The third-order valence-electron chi connectivity index (χ3n) is 2.35. The smallest absolute Gasteiger partial charge is 0.354 e. The third kappa shape index (κ3) is 2.76. The van der Waals surface area contributed by atoms with Gasteiger partial charge in [-0.15, -0.1) is 11.3 Å². The maximum absolute atomic E-state index is 12.8. The van der Waals surface area contributed by atoms with Crippen molar-refractivity contribution in [3.8, 4) is 10.6 Å². The van der Waals surface area contributed by atoms with Gasteiger partial charge in [-0.2, -0.15) is 13.2 Å². The number of benzene rings is 1. The van der Waals surface area contributed by atoms with E-state index < -0.39 is 22.7 Å². The van der Waals surface area contributed by atoms with Gasteiger partial charge in [0.2, 0.25) is 0 Å². The van der Waals surface area contributed by atoms with E-state index in [9.17, 15) is 18.0 Å². The summed E-state index contributed by atoms with van der Waals surface area (Å²) in [5.74, 6) is -0.785. The summed E-state index contributed by atoms with van der Waals surface area (Å²) in [5, 5.41) is 2.36. The topological polar surface area (TPSA) is 42.0 Å². The molecule has 0 aliphatic carbocycles. The summed E-state index contributed by atoms with van der Waals surface area (Å²) in [4.78, 5) is 14.6. The van der Waals surface area contributed by atoms with Crippen LogP contribution in [-0.4, -0.2) is 17.9 Å². The molecule has 1 aromatic heterocycles. The van der Waals surface area contributed by atoms with E-state index in [1.165, 1.54) is 7.05 Å². The molecule has 0 unspecified atom stereocenters. The zero-order chi connectivity index (χ0) is 14.0. The first-order valence-corrected chi connectivity index (χ1v) is 6.10. The van der Waals surface area contributed by atoms with E-state index in [4.69, 9.17) is 0 Å². The summed E-state index contributed by atoms with van der Waals surface area (Å²) in [6, 6.07) is 8.44. The molecule has 0 aliphatic heterocycles. The van der Waals surface area contributed by atoms with E-state index in [0.717, 1.165) is 11.3 Å². The van der Waals surface area contributed by atoms with Crippen molar-refractivity contribution in [2.24, 2.45) is 0 Å². The maximum atomic E-state index is 12.8. The van der Waals surface area contributed by atoms with Gasteiger partial charge in [0.1, 0.15) is 9.88 Å². The highest BCUT2D eigenvalue weighted by molar-refractivity contribution is 7.17. The minimum absolute atomic E-state index is 0.173. The largest absolute Gasteiger partial charge is 0.435 e. The Kier molecular flexibility index (Phi) is 3.57.